The van der Waals surface area contributed by atoms with Crippen LogP contribution in [0.5, 0.6) is 23.0 Å². The predicted octanol–water partition coefficient (Wildman–Crippen LogP) is 5.11. The van der Waals surface area contributed by atoms with E-state index < -0.39 is 0 Å². The Morgan fingerprint density at radius 1 is 0.739 bits per heavy atom. The van der Waals surface area contributed by atoms with Crippen LogP contribution in [0.1, 0.15) is 69.4 Å². The Labute approximate surface area is 140 Å². The van der Waals surface area contributed by atoms with E-state index in [4.69, 9.17) is 9.47 Å². The Balaban J connectivity index is 2.59. The summed E-state index contributed by atoms with van der Waals surface area (Å²) in [6.45, 7) is 4.03. The van der Waals surface area contributed by atoms with Crippen LogP contribution in [-0.4, -0.2) is 24.4 Å². The molecule has 0 bridgehead atoms. The number of ether oxygens (including phenoxy) is 2. The summed E-state index contributed by atoms with van der Waals surface area (Å²) in [4.78, 5) is 0. The highest BCUT2D eigenvalue weighted by molar-refractivity contribution is 5.65. The molecule has 0 amide bonds. The lowest BCUT2D eigenvalue weighted by Gasteiger charge is -2.17. The SMILES string of the molecule is CCCCCCCCCCc1c(C)c(O)c(OC)c(OC)c1O. The second-order valence-electron chi connectivity index (χ2n) is 6.09. The Kier molecular flexibility index (Phi) is 8.67. The molecular formula is C19H32O4. The molecule has 132 valence electrons. The van der Waals surface area contributed by atoms with Gasteiger partial charge in [-0.25, -0.2) is 0 Å². The van der Waals surface area contributed by atoms with Gasteiger partial charge in [-0.2, -0.15) is 0 Å². The maximum atomic E-state index is 10.4. The largest absolute Gasteiger partial charge is 0.504 e. The summed E-state index contributed by atoms with van der Waals surface area (Å²) < 4.78 is 10.3. The van der Waals surface area contributed by atoms with Crippen molar-refractivity contribution in [3.63, 3.8) is 0 Å². The zero-order chi connectivity index (χ0) is 17.2. The fourth-order valence-corrected chi connectivity index (χ4v) is 2.96. The van der Waals surface area contributed by atoms with Crippen LogP contribution >= 0.6 is 0 Å². The van der Waals surface area contributed by atoms with E-state index in [1.54, 1.807) is 6.92 Å². The number of unbranched alkanes of at least 4 members (excludes halogenated alkanes) is 7. The minimum atomic E-state index is 0.0525. The van der Waals surface area contributed by atoms with E-state index in [9.17, 15) is 10.2 Å². The monoisotopic (exact) mass is 324 g/mol. The van der Waals surface area contributed by atoms with Crippen molar-refractivity contribution in [2.45, 2.75) is 71.6 Å². The van der Waals surface area contributed by atoms with Crippen molar-refractivity contribution in [3.8, 4) is 23.0 Å². The van der Waals surface area contributed by atoms with Crippen molar-refractivity contribution in [3.05, 3.63) is 11.1 Å². The second-order valence-corrected chi connectivity index (χ2v) is 6.09. The first kappa shape index (κ1) is 19.5. The third kappa shape index (κ3) is 5.22. The molecule has 0 fully saturated rings. The van der Waals surface area contributed by atoms with Crippen molar-refractivity contribution in [1.29, 1.82) is 0 Å². The van der Waals surface area contributed by atoms with Gasteiger partial charge in [-0.1, -0.05) is 51.9 Å². The lowest BCUT2D eigenvalue weighted by atomic mass is 9.98. The van der Waals surface area contributed by atoms with Gasteiger partial charge in [-0.3, -0.25) is 0 Å². The highest BCUT2D eigenvalue weighted by Crippen LogP contribution is 2.48. The number of phenols is 2. The number of hydrogen-bond donors (Lipinski definition) is 2. The first-order valence-corrected chi connectivity index (χ1v) is 8.73. The fourth-order valence-electron chi connectivity index (χ4n) is 2.96. The zero-order valence-corrected chi connectivity index (χ0v) is 15.1. The summed E-state index contributed by atoms with van der Waals surface area (Å²) in [6, 6.07) is 0. The maximum Gasteiger partial charge on any atom is 0.207 e. The van der Waals surface area contributed by atoms with Gasteiger partial charge in [0.05, 0.1) is 14.2 Å². The van der Waals surface area contributed by atoms with Gasteiger partial charge in [-0.15, -0.1) is 0 Å². The molecule has 1 aromatic carbocycles. The van der Waals surface area contributed by atoms with Crippen LogP contribution in [0.25, 0.3) is 0 Å². The summed E-state index contributed by atoms with van der Waals surface area (Å²) in [7, 11) is 2.92. The van der Waals surface area contributed by atoms with E-state index in [0.717, 1.165) is 24.8 Å². The molecular weight excluding hydrogens is 292 g/mol. The number of methoxy groups -OCH3 is 2. The third-order valence-electron chi connectivity index (χ3n) is 4.42. The van der Waals surface area contributed by atoms with Crippen molar-refractivity contribution in [1.82, 2.24) is 0 Å². The van der Waals surface area contributed by atoms with Crippen molar-refractivity contribution < 1.29 is 19.7 Å². The molecule has 0 radical (unpaired) electrons. The standard InChI is InChI=1S/C19H32O4/c1-5-6-7-8-9-10-11-12-13-15-14(2)16(20)18(22-3)19(23-4)17(15)21/h20-21H,5-13H2,1-4H3. The number of phenolic OH excluding ortho intramolecular Hbond substituents is 2. The molecule has 4 heteroatoms. The van der Waals surface area contributed by atoms with Crippen LogP contribution in [0.15, 0.2) is 0 Å². The van der Waals surface area contributed by atoms with E-state index in [2.05, 4.69) is 6.92 Å². The van der Waals surface area contributed by atoms with Gasteiger partial charge in [0.25, 0.3) is 0 Å². The Bertz CT molecular complexity index is 483. The summed E-state index contributed by atoms with van der Waals surface area (Å²) in [5.74, 6) is 0.548. The number of rotatable bonds is 11. The van der Waals surface area contributed by atoms with Crippen molar-refractivity contribution >= 4 is 0 Å². The Morgan fingerprint density at radius 2 is 1.22 bits per heavy atom. The van der Waals surface area contributed by atoms with Gasteiger partial charge in [0.1, 0.15) is 0 Å². The predicted molar refractivity (Wildman–Crippen MR) is 93.9 cm³/mol. The quantitative estimate of drug-likeness (QED) is 0.439. The Hall–Kier alpha value is -1.58. The van der Waals surface area contributed by atoms with Crippen LogP contribution in [0.4, 0.5) is 0 Å². The third-order valence-corrected chi connectivity index (χ3v) is 4.42. The van der Waals surface area contributed by atoms with Crippen LogP contribution < -0.4 is 9.47 Å². The maximum absolute atomic E-state index is 10.4. The molecule has 0 heterocycles. The van der Waals surface area contributed by atoms with E-state index in [0.29, 0.717) is 5.56 Å². The van der Waals surface area contributed by atoms with E-state index in [1.807, 2.05) is 0 Å². The fraction of sp³-hybridized carbons (Fsp3) is 0.684. The molecule has 1 rings (SSSR count). The number of hydrogen-bond acceptors (Lipinski definition) is 4. The van der Waals surface area contributed by atoms with Gasteiger partial charge in [0.2, 0.25) is 11.5 Å². The molecule has 0 saturated heterocycles. The van der Waals surface area contributed by atoms with E-state index in [1.165, 1.54) is 52.7 Å². The first-order chi connectivity index (χ1) is 11.1. The van der Waals surface area contributed by atoms with Crippen LogP contribution in [0.3, 0.4) is 0 Å². The molecule has 1 aromatic rings. The van der Waals surface area contributed by atoms with Crippen molar-refractivity contribution in [2.24, 2.45) is 0 Å². The topological polar surface area (TPSA) is 58.9 Å². The summed E-state index contributed by atoms with van der Waals surface area (Å²) in [6.07, 6.45) is 10.6. The van der Waals surface area contributed by atoms with E-state index in [-0.39, 0.29) is 23.0 Å². The normalized spacial score (nSPS) is 10.8. The molecule has 23 heavy (non-hydrogen) atoms. The molecule has 2 N–H and O–H groups in total. The zero-order valence-electron chi connectivity index (χ0n) is 15.1. The number of benzene rings is 1. The van der Waals surface area contributed by atoms with E-state index >= 15 is 0 Å². The van der Waals surface area contributed by atoms with Gasteiger partial charge in [-0.05, 0) is 19.8 Å². The molecule has 0 aliphatic heterocycles. The van der Waals surface area contributed by atoms with Gasteiger partial charge < -0.3 is 19.7 Å². The summed E-state index contributed by atoms with van der Waals surface area (Å²) >= 11 is 0. The lowest BCUT2D eigenvalue weighted by Crippen LogP contribution is -1.99. The van der Waals surface area contributed by atoms with Crippen LogP contribution in [-0.2, 0) is 6.42 Å². The smallest absolute Gasteiger partial charge is 0.207 e. The van der Waals surface area contributed by atoms with Crippen LogP contribution in [0, 0.1) is 6.92 Å². The lowest BCUT2D eigenvalue weighted by molar-refractivity contribution is 0.313. The van der Waals surface area contributed by atoms with Gasteiger partial charge in [0.15, 0.2) is 11.5 Å². The molecule has 0 unspecified atom stereocenters. The summed E-state index contributed by atoms with van der Waals surface area (Å²) in [5.41, 5.74) is 1.43. The van der Waals surface area contributed by atoms with Crippen molar-refractivity contribution in [2.75, 3.05) is 14.2 Å². The molecule has 0 aromatic heterocycles. The van der Waals surface area contributed by atoms with Crippen LogP contribution in [0.2, 0.25) is 0 Å². The minimum absolute atomic E-state index is 0.0525. The highest BCUT2D eigenvalue weighted by Gasteiger charge is 2.22. The Morgan fingerprint density at radius 3 is 1.74 bits per heavy atom. The average Bonchev–Trinajstić information content (AvgIpc) is 2.55. The summed E-state index contributed by atoms with van der Waals surface area (Å²) in [5, 5.41) is 20.6. The minimum Gasteiger partial charge on any atom is -0.504 e. The highest BCUT2D eigenvalue weighted by atomic mass is 16.5. The average molecular weight is 324 g/mol. The van der Waals surface area contributed by atoms with Gasteiger partial charge in [0, 0.05) is 11.1 Å². The molecule has 0 saturated carbocycles. The number of aromatic hydroxyl groups is 2. The molecule has 4 nitrogen and oxygen atoms in total. The first-order valence-electron chi connectivity index (χ1n) is 8.73. The molecule has 0 spiro atoms. The molecule has 0 atom stereocenters. The van der Waals surface area contributed by atoms with Gasteiger partial charge >= 0.3 is 0 Å². The molecule has 0 aliphatic carbocycles. The second kappa shape index (κ2) is 10.2. The molecule has 0 aliphatic rings.